The van der Waals surface area contributed by atoms with Gasteiger partial charge in [0, 0.05) is 6.42 Å². The number of unbranched alkanes of at least 4 members (excludes halogenated alkanes) is 2. The van der Waals surface area contributed by atoms with E-state index in [1.54, 1.807) is 14.0 Å². The van der Waals surface area contributed by atoms with E-state index in [9.17, 15) is 5.11 Å². The fraction of sp³-hybridized carbons (Fsp3) is 0.467. The maximum atomic E-state index is 10.3. The van der Waals surface area contributed by atoms with Crippen LogP contribution in [0.1, 0.15) is 38.7 Å². The van der Waals surface area contributed by atoms with E-state index in [0.717, 1.165) is 30.6 Å². The summed E-state index contributed by atoms with van der Waals surface area (Å²) < 4.78 is 5.13. The third-order valence-electron chi connectivity index (χ3n) is 2.62. The van der Waals surface area contributed by atoms with Crippen molar-refractivity contribution in [3.8, 4) is 17.6 Å². The summed E-state index contributed by atoms with van der Waals surface area (Å²) in [4.78, 5) is 0. The van der Waals surface area contributed by atoms with Crippen molar-refractivity contribution in [2.45, 2.75) is 38.7 Å². The Balaban J connectivity index is 2.83. The highest BCUT2D eigenvalue weighted by Gasteiger charge is 2.20. The minimum atomic E-state index is -1.11. The predicted molar refractivity (Wildman–Crippen MR) is 69.9 cm³/mol. The van der Waals surface area contributed by atoms with Gasteiger partial charge in [0.15, 0.2) is 0 Å². The van der Waals surface area contributed by atoms with Gasteiger partial charge in [0.2, 0.25) is 0 Å². The monoisotopic (exact) mass is 232 g/mol. The topological polar surface area (TPSA) is 29.5 Å². The van der Waals surface area contributed by atoms with Crippen LogP contribution >= 0.6 is 0 Å². The number of aliphatic hydroxyl groups is 1. The van der Waals surface area contributed by atoms with Crippen LogP contribution in [0, 0.1) is 11.8 Å². The highest BCUT2D eigenvalue weighted by atomic mass is 16.5. The molecule has 0 aliphatic rings. The Kier molecular flexibility index (Phi) is 5.06. The van der Waals surface area contributed by atoms with Crippen molar-refractivity contribution in [2.24, 2.45) is 0 Å². The second-order valence-electron chi connectivity index (χ2n) is 4.21. The Morgan fingerprint density at radius 1 is 1.41 bits per heavy atom. The molecule has 0 heterocycles. The van der Waals surface area contributed by atoms with Gasteiger partial charge in [-0.25, -0.2) is 0 Å². The molecule has 0 saturated heterocycles. The molecular weight excluding hydrogens is 212 g/mol. The second-order valence-corrected chi connectivity index (χ2v) is 4.21. The first-order valence-corrected chi connectivity index (χ1v) is 5.97. The fourth-order valence-electron chi connectivity index (χ4n) is 1.50. The first-order valence-electron chi connectivity index (χ1n) is 5.97. The first-order chi connectivity index (χ1) is 8.10. The molecule has 0 saturated carbocycles. The molecule has 2 nitrogen and oxygen atoms in total. The quantitative estimate of drug-likeness (QED) is 0.638. The van der Waals surface area contributed by atoms with Gasteiger partial charge in [0.1, 0.15) is 11.4 Å². The third kappa shape index (κ3) is 4.13. The minimum Gasteiger partial charge on any atom is -0.497 e. The third-order valence-corrected chi connectivity index (χ3v) is 2.62. The average Bonchev–Trinajstić information content (AvgIpc) is 2.35. The largest absolute Gasteiger partial charge is 0.497 e. The van der Waals surface area contributed by atoms with Crippen LogP contribution in [0.2, 0.25) is 0 Å². The molecule has 1 atom stereocenters. The maximum Gasteiger partial charge on any atom is 0.148 e. The van der Waals surface area contributed by atoms with Crippen molar-refractivity contribution < 1.29 is 9.84 Å². The molecule has 0 aliphatic carbocycles. The van der Waals surface area contributed by atoms with Crippen LogP contribution in [0.3, 0.4) is 0 Å². The lowest BCUT2D eigenvalue weighted by atomic mass is 9.96. The normalized spacial score (nSPS) is 13.4. The van der Waals surface area contributed by atoms with Gasteiger partial charge in [-0.05, 0) is 31.0 Å². The van der Waals surface area contributed by atoms with E-state index in [1.807, 2.05) is 24.3 Å². The van der Waals surface area contributed by atoms with Crippen LogP contribution < -0.4 is 4.74 Å². The Morgan fingerprint density at radius 3 is 2.82 bits per heavy atom. The molecule has 1 aromatic carbocycles. The van der Waals surface area contributed by atoms with E-state index in [4.69, 9.17) is 4.74 Å². The Labute approximate surface area is 104 Å². The smallest absolute Gasteiger partial charge is 0.148 e. The lowest BCUT2D eigenvalue weighted by Crippen LogP contribution is -2.18. The molecule has 0 aromatic heterocycles. The molecule has 1 unspecified atom stereocenters. The molecule has 0 amide bonds. The van der Waals surface area contributed by atoms with Crippen LogP contribution in [0.25, 0.3) is 0 Å². The molecule has 92 valence electrons. The predicted octanol–water partition coefficient (Wildman–Crippen LogP) is 3.10. The van der Waals surface area contributed by atoms with Crippen LogP contribution in [0.15, 0.2) is 24.3 Å². The van der Waals surface area contributed by atoms with Crippen molar-refractivity contribution >= 4 is 0 Å². The average molecular weight is 232 g/mol. The van der Waals surface area contributed by atoms with Gasteiger partial charge >= 0.3 is 0 Å². The summed E-state index contributed by atoms with van der Waals surface area (Å²) in [5, 5.41) is 10.3. The second kappa shape index (κ2) is 6.32. The van der Waals surface area contributed by atoms with Gasteiger partial charge in [-0.1, -0.05) is 37.3 Å². The number of ether oxygens (including phenoxy) is 1. The molecule has 0 spiro atoms. The summed E-state index contributed by atoms with van der Waals surface area (Å²) >= 11 is 0. The van der Waals surface area contributed by atoms with E-state index in [2.05, 4.69) is 18.8 Å². The summed E-state index contributed by atoms with van der Waals surface area (Å²) in [6.45, 7) is 3.84. The number of hydrogen-bond acceptors (Lipinski definition) is 2. The summed E-state index contributed by atoms with van der Waals surface area (Å²) in [5.74, 6) is 6.67. The van der Waals surface area contributed by atoms with Crippen molar-refractivity contribution in [2.75, 3.05) is 7.11 Å². The molecule has 0 bridgehead atoms. The van der Waals surface area contributed by atoms with Crippen molar-refractivity contribution in [3.05, 3.63) is 29.8 Å². The number of rotatable bonds is 4. The molecular formula is C15H20O2. The van der Waals surface area contributed by atoms with Gasteiger partial charge in [0.25, 0.3) is 0 Å². The van der Waals surface area contributed by atoms with Crippen LogP contribution in [0.5, 0.6) is 5.75 Å². The van der Waals surface area contributed by atoms with E-state index in [-0.39, 0.29) is 0 Å². The molecule has 1 N–H and O–H groups in total. The van der Waals surface area contributed by atoms with Crippen LogP contribution in [-0.4, -0.2) is 12.2 Å². The molecule has 0 fully saturated rings. The Morgan fingerprint density at radius 2 is 2.18 bits per heavy atom. The molecule has 17 heavy (non-hydrogen) atoms. The van der Waals surface area contributed by atoms with Gasteiger partial charge in [0.05, 0.1) is 7.11 Å². The number of hydrogen-bond donors (Lipinski definition) is 1. The zero-order chi connectivity index (χ0) is 12.7. The number of methoxy groups -OCH3 is 1. The molecule has 0 radical (unpaired) electrons. The molecule has 2 heteroatoms. The Hall–Kier alpha value is -1.46. The summed E-state index contributed by atoms with van der Waals surface area (Å²) in [6.07, 6.45) is 3.02. The maximum absolute atomic E-state index is 10.3. The summed E-state index contributed by atoms with van der Waals surface area (Å²) in [5.41, 5.74) is -0.344. The number of benzene rings is 1. The highest BCUT2D eigenvalue weighted by molar-refractivity contribution is 5.36. The van der Waals surface area contributed by atoms with Gasteiger partial charge in [-0.2, -0.15) is 0 Å². The standard InChI is InChI=1S/C15H20O2/c1-4-5-6-7-11-15(2,16)13-9-8-10-14(12-13)17-3/h8-10,12,16H,4-6H2,1-3H3. The van der Waals surface area contributed by atoms with E-state index in [0.29, 0.717) is 0 Å². The van der Waals surface area contributed by atoms with Gasteiger partial charge in [-0.15, -0.1) is 0 Å². The van der Waals surface area contributed by atoms with E-state index >= 15 is 0 Å². The van der Waals surface area contributed by atoms with Crippen LogP contribution in [-0.2, 0) is 5.60 Å². The Bertz CT molecular complexity index is 410. The van der Waals surface area contributed by atoms with Crippen LogP contribution in [0.4, 0.5) is 0 Å². The highest BCUT2D eigenvalue weighted by Crippen LogP contribution is 2.23. The van der Waals surface area contributed by atoms with Crippen molar-refractivity contribution in [3.63, 3.8) is 0 Å². The summed E-state index contributed by atoms with van der Waals surface area (Å²) in [6, 6.07) is 7.38. The molecule has 1 rings (SSSR count). The van der Waals surface area contributed by atoms with E-state index < -0.39 is 5.60 Å². The first kappa shape index (κ1) is 13.6. The lowest BCUT2D eigenvalue weighted by Gasteiger charge is -2.17. The molecule has 0 aliphatic heterocycles. The van der Waals surface area contributed by atoms with Crippen molar-refractivity contribution in [1.29, 1.82) is 0 Å². The SMILES string of the molecule is CCCCC#CC(C)(O)c1cccc(OC)c1. The van der Waals surface area contributed by atoms with Gasteiger partial charge < -0.3 is 9.84 Å². The fourth-order valence-corrected chi connectivity index (χ4v) is 1.50. The van der Waals surface area contributed by atoms with E-state index in [1.165, 1.54) is 0 Å². The zero-order valence-electron chi connectivity index (χ0n) is 10.8. The zero-order valence-corrected chi connectivity index (χ0v) is 10.8. The van der Waals surface area contributed by atoms with Gasteiger partial charge in [-0.3, -0.25) is 0 Å². The molecule has 1 aromatic rings. The lowest BCUT2D eigenvalue weighted by molar-refractivity contribution is 0.121. The van der Waals surface area contributed by atoms with Crippen molar-refractivity contribution in [1.82, 2.24) is 0 Å². The minimum absolute atomic E-state index is 0.734. The summed E-state index contributed by atoms with van der Waals surface area (Å²) in [7, 11) is 1.61.